The zero-order valence-corrected chi connectivity index (χ0v) is 8.38. The van der Waals surface area contributed by atoms with Crippen molar-refractivity contribution in [3.8, 4) is 0 Å². The van der Waals surface area contributed by atoms with Crippen molar-refractivity contribution in [3.63, 3.8) is 0 Å². The molecule has 13 heavy (non-hydrogen) atoms. The molecule has 76 valence electrons. The van der Waals surface area contributed by atoms with Crippen molar-refractivity contribution in [1.82, 2.24) is 0 Å². The summed E-state index contributed by atoms with van der Waals surface area (Å²) in [6.45, 7) is 4.27. The smallest absolute Gasteiger partial charge is 0.134 e. The number of carbonyl (C=O) groups is 2. The molecular formula is C10H18O3. The summed E-state index contributed by atoms with van der Waals surface area (Å²) in [4.78, 5) is 18.6. The maximum atomic E-state index is 10.6. The van der Waals surface area contributed by atoms with Crippen LogP contribution in [0, 0.1) is 11.3 Å². The Morgan fingerprint density at radius 1 is 1.31 bits per heavy atom. The van der Waals surface area contributed by atoms with E-state index in [1.807, 2.05) is 6.79 Å². The van der Waals surface area contributed by atoms with Crippen molar-refractivity contribution in [2.24, 2.45) is 11.3 Å². The fourth-order valence-electron chi connectivity index (χ4n) is 2.49. The van der Waals surface area contributed by atoms with Gasteiger partial charge in [-0.05, 0) is 24.2 Å². The highest BCUT2D eigenvalue weighted by atomic mass is 16.2. The van der Waals surface area contributed by atoms with Gasteiger partial charge in [0.05, 0.1) is 0 Å². The Labute approximate surface area is 79.1 Å². The fraction of sp³-hybridized carbons (Fsp3) is 0.800. The summed E-state index contributed by atoms with van der Waals surface area (Å²) in [5.41, 5.74) is 0.538. The lowest BCUT2D eigenvalue weighted by Crippen LogP contribution is -2.46. The molecule has 3 heteroatoms. The minimum atomic E-state index is 0.488. The molecule has 0 heterocycles. The van der Waals surface area contributed by atoms with Gasteiger partial charge in [-0.3, -0.25) is 4.79 Å². The third-order valence-electron chi connectivity index (χ3n) is 2.71. The van der Waals surface area contributed by atoms with E-state index < -0.39 is 0 Å². The number of carbonyl (C=O) groups excluding carboxylic acids is 2. The van der Waals surface area contributed by atoms with Gasteiger partial charge in [0.1, 0.15) is 12.6 Å². The molecule has 0 radical (unpaired) electrons. The van der Waals surface area contributed by atoms with Crippen molar-refractivity contribution in [1.29, 1.82) is 0 Å². The number of hydrogen-bond donors (Lipinski definition) is 1. The standard InChI is InChI=1S/C8H12O.CH4O.CH2O/c1-6-2-8(3-6)4-7(9)5-8;2*1-2/h6H,2-5H2,1H3;2H,1H3;1H2. The molecule has 0 saturated heterocycles. The lowest BCUT2D eigenvalue weighted by molar-refractivity contribution is -0.141. The third kappa shape index (κ3) is 2.62. The highest BCUT2D eigenvalue weighted by Gasteiger charge is 2.50. The van der Waals surface area contributed by atoms with Crippen molar-refractivity contribution in [2.45, 2.75) is 32.6 Å². The number of aliphatic hydroxyl groups excluding tert-OH is 1. The molecule has 0 aromatic heterocycles. The van der Waals surface area contributed by atoms with Crippen LogP contribution >= 0.6 is 0 Å². The first-order chi connectivity index (χ1) is 6.20. The van der Waals surface area contributed by atoms with Crippen LogP contribution in [0.3, 0.4) is 0 Å². The highest BCUT2D eigenvalue weighted by molar-refractivity contribution is 5.86. The molecule has 0 aromatic carbocycles. The maximum absolute atomic E-state index is 10.6. The van der Waals surface area contributed by atoms with Gasteiger partial charge in [-0.2, -0.15) is 0 Å². The normalized spacial score (nSPS) is 22.8. The van der Waals surface area contributed by atoms with Crippen LogP contribution in [0.2, 0.25) is 0 Å². The van der Waals surface area contributed by atoms with Gasteiger partial charge < -0.3 is 9.90 Å². The number of rotatable bonds is 0. The predicted molar refractivity (Wildman–Crippen MR) is 50.3 cm³/mol. The summed E-state index contributed by atoms with van der Waals surface area (Å²) >= 11 is 0. The Hall–Kier alpha value is -0.700. The van der Waals surface area contributed by atoms with Crippen LogP contribution in [0.4, 0.5) is 0 Å². The summed E-state index contributed by atoms with van der Waals surface area (Å²) in [7, 11) is 1.00. The third-order valence-corrected chi connectivity index (χ3v) is 2.71. The molecule has 0 unspecified atom stereocenters. The molecule has 1 spiro atoms. The maximum Gasteiger partial charge on any atom is 0.134 e. The van der Waals surface area contributed by atoms with Gasteiger partial charge in [-0.15, -0.1) is 0 Å². The first kappa shape index (κ1) is 12.3. The molecule has 2 fully saturated rings. The van der Waals surface area contributed by atoms with Gasteiger partial charge in [0.2, 0.25) is 0 Å². The molecule has 2 aliphatic carbocycles. The van der Waals surface area contributed by atoms with Crippen molar-refractivity contribution < 1.29 is 14.7 Å². The van der Waals surface area contributed by atoms with E-state index >= 15 is 0 Å². The summed E-state index contributed by atoms with van der Waals surface area (Å²) in [5.74, 6) is 1.39. The highest BCUT2D eigenvalue weighted by Crippen LogP contribution is 2.56. The number of Topliss-reactive ketones (excluding diaryl/α,β-unsaturated/α-hetero) is 1. The van der Waals surface area contributed by atoms with E-state index in [-0.39, 0.29) is 0 Å². The molecule has 2 aliphatic rings. The van der Waals surface area contributed by atoms with Gasteiger partial charge in [0.15, 0.2) is 0 Å². The topological polar surface area (TPSA) is 54.4 Å². The average molecular weight is 186 g/mol. The van der Waals surface area contributed by atoms with Crippen molar-refractivity contribution >= 4 is 12.6 Å². The zero-order chi connectivity index (χ0) is 10.5. The molecule has 0 atom stereocenters. The van der Waals surface area contributed by atoms with E-state index in [0.29, 0.717) is 11.2 Å². The van der Waals surface area contributed by atoms with Crippen molar-refractivity contribution in [3.05, 3.63) is 0 Å². The molecular weight excluding hydrogens is 168 g/mol. The molecule has 0 aliphatic heterocycles. The molecule has 0 aromatic rings. The second kappa shape index (κ2) is 5.12. The van der Waals surface area contributed by atoms with E-state index in [1.54, 1.807) is 0 Å². The number of hydrogen-bond acceptors (Lipinski definition) is 3. The summed E-state index contributed by atoms with van der Waals surface area (Å²) in [6, 6.07) is 0. The Kier molecular flexibility index (Phi) is 4.85. The quantitative estimate of drug-likeness (QED) is 0.618. The lowest BCUT2D eigenvalue weighted by Gasteiger charge is -2.52. The van der Waals surface area contributed by atoms with E-state index in [4.69, 9.17) is 9.90 Å². The molecule has 0 amide bonds. The lowest BCUT2D eigenvalue weighted by atomic mass is 9.52. The SMILES string of the molecule is C=O.CC1CC2(CC(=O)C2)C1.CO. The van der Waals surface area contributed by atoms with Crippen LogP contribution in [0.15, 0.2) is 0 Å². The van der Waals surface area contributed by atoms with Crippen LogP contribution in [0.5, 0.6) is 0 Å². The molecule has 3 nitrogen and oxygen atoms in total. The summed E-state index contributed by atoms with van der Waals surface area (Å²) in [5, 5.41) is 7.00. The van der Waals surface area contributed by atoms with Crippen LogP contribution in [-0.2, 0) is 9.59 Å². The second-order valence-electron chi connectivity index (χ2n) is 3.91. The Morgan fingerprint density at radius 3 is 1.92 bits per heavy atom. The van der Waals surface area contributed by atoms with Crippen LogP contribution in [-0.4, -0.2) is 24.8 Å². The second-order valence-corrected chi connectivity index (χ2v) is 3.91. The predicted octanol–water partition coefficient (Wildman–Crippen LogP) is 1.19. The van der Waals surface area contributed by atoms with Gasteiger partial charge in [0.25, 0.3) is 0 Å². The number of ketones is 1. The Bertz CT molecular complexity index is 161. The minimum Gasteiger partial charge on any atom is -0.400 e. The summed E-state index contributed by atoms with van der Waals surface area (Å²) in [6.07, 6.45) is 4.44. The number of aliphatic hydroxyl groups is 1. The van der Waals surface area contributed by atoms with E-state index in [9.17, 15) is 4.79 Å². The van der Waals surface area contributed by atoms with Crippen molar-refractivity contribution in [2.75, 3.05) is 7.11 Å². The average Bonchev–Trinajstić information content (AvgIpc) is 2.07. The first-order valence-electron chi connectivity index (χ1n) is 4.46. The van der Waals surface area contributed by atoms with E-state index in [2.05, 4.69) is 6.92 Å². The fourth-order valence-corrected chi connectivity index (χ4v) is 2.49. The Morgan fingerprint density at radius 2 is 1.69 bits per heavy atom. The van der Waals surface area contributed by atoms with E-state index in [1.165, 1.54) is 12.8 Å². The monoisotopic (exact) mass is 186 g/mol. The van der Waals surface area contributed by atoms with Crippen LogP contribution in [0.25, 0.3) is 0 Å². The molecule has 2 saturated carbocycles. The molecule has 1 N–H and O–H groups in total. The van der Waals surface area contributed by atoms with Crippen LogP contribution in [0.1, 0.15) is 32.6 Å². The minimum absolute atomic E-state index is 0.488. The molecule has 2 rings (SSSR count). The Balaban J connectivity index is 0.000000322. The summed E-state index contributed by atoms with van der Waals surface area (Å²) < 4.78 is 0. The van der Waals surface area contributed by atoms with Gasteiger partial charge in [-0.1, -0.05) is 6.92 Å². The van der Waals surface area contributed by atoms with E-state index in [0.717, 1.165) is 25.9 Å². The van der Waals surface area contributed by atoms with Gasteiger partial charge in [-0.25, -0.2) is 0 Å². The van der Waals surface area contributed by atoms with Crippen LogP contribution < -0.4 is 0 Å². The zero-order valence-electron chi connectivity index (χ0n) is 8.38. The van der Waals surface area contributed by atoms with Gasteiger partial charge in [0, 0.05) is 20.0 Å². The molecule has 0 bridgehead atoms. The van der Waals surface area contributed by atoms with Gasteiger partial charge >= 0.3 is 0 Å². The largest absolute Gasteiger partial charge is 0.400 e. The first-order valence-corrected chi connectivity index (χ1v) is 4.46.